The molecule has 0 aliphatic heterocycles. The Morgan fingerprint density at radius 3 is 2.50 bits per heavy atom. The van der Waals surface area contributed by atoms with Gasteiger partial charge in [0.1, 0.15) is 0 Å². The highest BCUT2D eigenvalue weighted by Gasteiger charge is 1.99. The number of aliphatic hydroxyl groups excluding tert-OH is 1. The molecule has 0 saturated heterocycles. The zero-order valence-electron chi connectivity index (χ0n) is 7.37. The van der Waals surface area contributed by atoms with Gasteiger partial charge in [0.25, 0.3) is 0 Å². The summed E-state index contributed by atoms with van der Waals surface area (Å²) in [6.07, 6.45) is 6.04. The lowest BCUT2D eigenvalue weighted by atomic mass is 10.1. The number of nitriles is 1. The van der Waals surface area contributed by atoms with Gasteiger partial charge >= 0.3 is 0 Å². The predicted molar refractivity (Wildman–Crippen MR) is 53.2 cm³/mol. The molecule has 0 saturated carbocycles. The fraction of sp³-hybridized carbons (Fsp3) is 0.889. The van der Waals surface area contributed by atoms with Gasteiger partial charge in [-0.15, -0.1) is 0 Å². The van der Waals surface area contributed by atoms with E-state index >= 15 is 0 Å². The second-order valence-corrected chi connectivity index (χ2v) is 3.68. The molecule has 0 fully saturated rings. The van der Waals surface area contributed by atoms with Crippen LogP contribution in [0, 0.1) is 11.3 Å². The molecule has 0 bridgehead atoms. The summed E-state index contributed by atoms with van der Waals surface area (Å²) >= 11 is 4.17. The first-order chi connectivity index (χ1) is 5.81. The predicted octanol–water partition coefficient (Wildman–Crippen LogP) is 2.14. The highest BCUT2D eigenvalue weighted by Crippen LogP contribution is 2.09. The number of hydrogen-bond acceptors (Lipinski definition) is 3. The third-order valence-electron chi connectivity index (χ3n) is 1.79. The van der Waals surface area contributed by atoms with Crippen LogP contribution < -0.4 is 0 Å². The van der Waals surface area contributed by atoms with Crippen LogP contribution in [0.3, 0.4) is 0 Å². The van der Waals surface area contributed by atoms with Crippen LogP contribution in [0.5, 0.6) is 0 Å². The zero-order valence-corrected chi connectivity index (χ0v) is 8.26. The first-order valence-electron chi connectivity index (χ1n) is 4.47. The molecule has 2 nitrogen and oxygen atoms in total. The maximum Gasteiger partial charge on any atom is 0.0621 e. The van der Waals surface area contributed by atoms with Gasteiger partial charge in [0.05, 0.1) is 12.7 Å². The molecule has 0 aromatic carbocycles. The van der Waals surface area contributed by atoms with Gasteiger partial charge in [0.15, 0.2) is 0 Å². The quantitative estimate of drug-likeness (QED) is 0.474. The normalized spacial score (nSPS) is 12.4. The Morgan fingerprint density at radius 2 is 1.92 bits per heavy atom. The Morgan fingerprint density at radius 1 is 1.25 bits per heavy atom. The molecule has 0 aromatic heterocycles. The van der Waals surface area contributed by atoms with Gasteiger partial charge in [-0.25, -0.2) is 0 Å². The van der Waals surface area contributed by atoms with Crippen molar-refractivity contribution in [2.45, 2.75) is 43.8 Å². The third kappa shape index (κ3) is 7.90. The van der Waals surface area contributed by atoms with Gasteiger partial charge < -0.3 is 5.11 Å². The minimum Gasteiger partial charge on any atom is -0.395 e. The molecule has 3 heteroatoms. The average molecular weight is 187 g/mol. The summed E-state index contributed by atoms with van der Waals surface area (Å²) in [6, 6.07) is 2.12. The van der Waals surface area contributed by atoms with Crippen molar-refractivity contribution >= 4 is 12.6 Å². The van der Waals surface area contributed by atoms with E-state index in [1.165, 1.54) is 0 Å². The number of hydrogen-bond donors (Lipinski definition) is 2. The Bertz CT molecular complexity index is 133. The number of thiol groups is 1. The highest BCUT2D eigenvalue weighted by atomic mass is 32.1. The lowest BCUT2D eigenvalue weighted by Gasteiger charge is -2.05. The maximum atomic E-state index is 8.66. The Balaban J connectivity index is 2.96. The molecule has 0 amide bonds. The molecule has 0 spiro atoms. The van der Waals surface area contributed by atoms with Crippen LogP contribution >= 0.6 is 12.6 Å². The van der Waals surface area contributed by atoms with E-state index in [0.29, 0.717) is 6.42 Å². The zero-order chi connectivity index (χ0) is 9.23. The first kappa shape index (κ1) is 11.8. The van der Waals surface area contributed by atoms with Crippen molar-refractivity contribution in [3.63, 3.8) is 0 Å². The Hall–Kier alpha value is -0.200. The van der Waals surface area contributed by atoms with Crippen molar-refractivity contribution in [3.8, 4) is 6.07 Å². The van der Waals surface area contributed by atoms with E-state index in [0.717, 1.165) is 32.1 Å². The topological polar surface area (TPSA) is 44.0 Å². The number of nitrogens with zero attached hydrogens (tertiary/aromatic N) is 1. The Kier molecular flexibility index (Phi) is 8.74. The molecule has 1 unspecified atom stereocenters. The van der Waals surface area contributed by atoms with E-state index in [4.69, 9.17) is 10.4 Å². The van der Waals surface area contributed by atoms with Crippen LogP contribution in [0.4, 0.5) is 0 Å². The summed E-state index contributed by atoms with van der Waals surface area (Å²) in [6.45, 7) is 0.168. The monoisotopic (exact) mass is 187 g/mol. The molecule has 70 valence electrons. The van der Waals surface area contributed by atoms with E-state index in [1.54, 1.807) is 0 Å². The number of aliphatic hydroxyl groups is 1. The summed E-state index contributed by atoms with van der Waals surface area (Å²) in [5.41, 5.74) is 0. The van der Waals surface area contributed by atoms with Crippen molar-refractivity contribution in [3.05, 3.63) is 0 Å². The average Bonchev–Trinajstić information content (AvgIpc) is 2.10. The summed E-state index contributed by atoms with van der Waals surface area (Å²) in [4.78, 5) is 0. The van der Waals surface area contributed by atoms with Gasteiger partial charge in [-0.1, -0.05) is 19.3 Å². The molecule has 0 rings (SSSR count). The summed E-state index contributed by atoms with van der Waals surface area (Å²) < 4.78 is 0. The summed E-state index contributed by atoms with van der Waals surface area (Å²) in [5, 5.41) is 17.0. The van der Waals surface area contributed by atoms with Crippen molar-refractivity contribution in [1.82, 2.24) is 0 Å². The smallest absolute Gasteiger partial charge is 0.0621 e. The Labute approximate surface area is 80.0 Å². The van der Waals surface area contributed by atoms with Gasteiger partial charge in [0, 0.05) is 11.7 Å². The highest BCUT2D eigenvalue weighted by molar-refractivity contribution is 7.81. The molecule has 0 aliphatic rings. The maximum absolute atomic E-state index is 8.66. The second-order valence-electron chi connectivity index (χ2n) is 2.95. The van der Waals surface area contributed by atoms with Crippen LogP contribution in [0.25, 0.3) is 0 Å². The van der Waals surface area contributed by atoms with Crippen LogP contribution in [-0.2, 0) is 0 Å². The van der Waals surface area contributed by atoms with Crippen LogP contribution in [0.15, 0.2) is 0 Å². The fourth-order valence-corrected chi connectivity index (χ4v) is 1.21. The SMILES string of the molecule is N#CCCCCCCC(S)CO. The van der Waals surface area contributed by atoms with E-state index in [2.05, 4.69) is 18.7 Å². The molecule has 1 atom stereocenters. The third-order valence-corrected chi connectivity index (χ3v) is 2.21. The van der Waals surface area contributed by atoms with Gasteiger partial charge in [-0.2, -0.15) is 17.9 Å². The number of unbranched alkanes of at least 4 members (excludes halogenated alkanes) is 4. The van der Waals surface area contributed by atoms with Crippen LogP contribution in [0.2, 0.25) is 0 Å². The van der Waals surface area contributed by atoms with Crippen LogP contribution in [0.1, 0.15) is 38.5 Å². The first-order valence-corrected chi connectivity index (χ1v) is 4.98. The fourth-order valence-electron chi connectivity index (χ4n) is 1.03. The summed E-state index contributed by atoms with van der Waals surface area (Å²) in [7, 11) is 0. The van der Waals surface area contributed by atoms with Gasteiger partial charge in [-0.05, 0) is 12.8 Å². The molecule has 0 aromatic rings. The van der Waals surface area contributed by atoms with E-state index in [9.17, 15) is 0 Å². The molecular formula is C9H17NOS. The van der Waals surface area contributed by atoms with E-state index in [-0.39, 0.29) is 11.9 Å². The summed E-state index contributed by atoms with van der Waals surface area (Å²) in [5.74, 6) is 0. The lowest BCUT2D eigenvalue weighted by molar-refractivity contribution is 0.289. The van der Waals surface area contributed by atoms with Crippen molar-refractivity contribution in [2.24, 2.45) is 0 Å². The molecule has 0 aliphatic carbocycles. The van der Waals surface area contributed by atoms with Gasteiger partial charge in [0.2, 0.25) is 0 Å². The molecule has 0 radical (unpaired) electrons. The minimum absolute atomic E-state index is 0.140. The van der Waals surface area contributed by atoms with Crippen LogP contribution in [-0.4, -0.2) is 17.0 Å². The largest absolute Gasteiger partial charge is 0.395 e. The van der Waals surface area contributed by atoms with Crippen molar-refractivity contribution in [1.29, 1.82) is 5.26 Å². The second kappa shape index (κ2) is 8.89. The van der Waals surface area contributed by atoms with E-state index < -0.39 is 0 Å². The lowest BCUT2D eigenvalue weighted by Crippen LogP contribution is -2.03. The molecule has 1 N–H and O–H groups in total. The molecular weight excluding hydrogens is 170 g/mol. The number of rotatable bonds is 7. The molecule has 12 heavy (non-hydrogen) atoms. The van der Waals surface area contributed by atoms with Gasteiger partial charge in [-0.3, -0.25) is 0 Å². The van der Waals surface area contributed by atoms with E-state index in [1.807, 2.05) is 0 Å². The molecule has 0 heterocycles. The van der Waals surface area contributed by atoms with Crippen molar-refractivity contribution in [2.75, 3.05) is 6.61 Å². The minimum atomic E-state index is 0.140. The standard InChI is InChI=1S/C9H17NOS/c10-7-5-3-1-2-4-6-9(12)8-11/h9,11-12H,1-6,8H2. The van der Waals surface area contributed by atoms with Crippen molar-refractivity contribution < 1.29 is 5.11 Å².